The Hall–Kier alpha value is -2.11. The molecular formula is C20H24ClN3OS. The Morgan fingerprint density at radius 2 is 1.73 bits per heavy atom. The Morgan fingerprint density at radius 1 is 1.08 bits per heavy atom. The zero-order valence-electron chi connectivity index (χ0n) is 15.1. The van der Waals surface area contributed by atoms with Crippen LogP contribution < -0.4 is 15.5 Å². The monoisotopic (exact) mass is 389 g/mol. The fraction of sp³-hybridized carbons (Fsp3) is 0.300. The second-order valence-corrected chi connectivity index (χ2v) is 6.63. The van der Waals surface area contributed by atoms with Crippen LogP contribution in [0.25, 0.3) is 0 Å². The summed E-state index contributed by atoms with van der Waals surface area (Å²) < 4.78 is 0. The minimum Gasteiger partial charge on any atom is -0.372 e. The van der Waals surface area contributed by atoms with Crippen molar-refractivity contribution in [2.75, 3.05) is 23.3 Å². The van der Waals surface area contributed by atoms with E-state index >= 15 is 0 Å². The van der Waals surface area contributed by atoms with Gasteiger partial charge >= 0.3 is 0 Å². The van der Waals surface area contributed by atoms with Crippen LogP contribution in [0.15, 0.2) is 48.5 Å². The summed E-state index contributed by atoms with van der Waals surface area (Å²) in [6, 6.07) is 15.5. The van der Waals surface area contributed by atoms with Crippen molar-refractivity contribution in [1.82, 2.24) is 5.32 Å². The lowest BCUT2D eigenvalue weighted by molar-refractivity contribution is -0.119. The fourth-order valence-electron chi connectivity index (χ4n) is 2.65. The second kappa shape index (κ2) is 10.1. The number of benzene rings is 2. The van der Waals surface area contributed by atoms with Crippen molar-refractivity contribution in [3.63, 3.8) is 0 Å². The number of carbonyl (C=O) groups excluding carboxylic acids is 1. The normalized spacial score (nSPS) is 10.3. The molecular weight excluding hydrogens is 366 g/mol. The number of hydrogen-bond acceptors (Lipinski definition) is 3. The molecule has 0 aliphatic heterocycles. The van der Waals surface area contributed by atoms with Crippen LogP contribution in [0, 0.1) is 0 Å². The average Bonchev–Trinajstić information content (AvgIpc) is 2.63. The first-order valence-corrected chi connectivity index (χ1v) is 9.51. The summed E-state index contributed by atoms with van der Waals surface area (Å²) in [6.45, 7) is 6.18. The summed E-state index contributed by atoms with van der Waals surface area (Å²) >= 11 is 11.3. The average molecular weight is 390 g/mol. The highest BCUT2D eigenvalue weighted by atomic mass is 35.5. The quantitative estimate of drug-likeness (QED) is 0.677. The number of rotatable bonds is 7. The molecule has 138 valence electrons. The molecule has 0 spiro atoms. The number of amides is 1. The smallest absolute Gasteiger partial charge is 0.226 e. The van der Waals surface area contributed by atoms with Crippen LogP contribution >= 0.6 is 23.8 Å². The third-order valence-electron chi connectivity index (χ3n) is 4.09. The van der Waals surface area contributed by atoms with Gasteiger partial charge in [-0.15, -0.1) is 0 Å². The summed E-state index contributed by atoms with van der Waals surface area (Å²) in [5.41, 5.74) is 2.96. The van der Waals surface area contributed by atoms with Crippen molar-refractivity contribution in [2.24, 2.45) is 0 Å². The number of thiocarbonyl (C=S) groups is 1. The molecule has 0 saturated heterocycles. The van der Waals surface area contributed by atoms with Crippen molar-refractivity contribution in [3.05, 3.63) is 59.1 Å². The number of hydrogen-bond donors (Lipinski definition) is 2. The topological polar surface area (TPSA) is 44.4 Å². The van der Waals surface area contributed by atoms with E-state index in [2.05, 4.69) is 29.4 Å². The Bertz CT molecular complexity index is 745. The van der Waals surface area contributed by atoms with Crippen molar-refractivity contribution in [2.45, 2.75) is 26.7 Å². The predicted molar refractivity (Wildman–Crippen MR) is 114 cm³/mol. The zero-order chi connectivity index (χ0) is 18.9. The molecule has 0 unspecified atom stereocenters. The minimum absolute atomic E-state index is 0.137. The molecule has 0 radical (unpaired) electrons. The largest absolute Gasteiger partial charge is 0.372 e. The maximum absolute atomic E-state index is 12.1. The van der Waals surface area contributed by atoms with Gasteiger partial charge in [0.15, 0.2) is 5.11 Å². The Kier molecular flexibility index (Phi) is 7.88. The lowest BCUT2D eigenvalue weighted by Crippen LogP contribution is -2.34. The van der Waals surface area contributed by atoms with Gasteiger partial charge in [-0.25, -0.2) is 0 Å². The fourth-order valence-corrected chi connectivity index (χ4v) is 3.11. The van der Waals surface area contributed by atoms with Crippen LogP contribution in [0.5, 0.6) is 0 Å². The minimum atomic E-state index is -0.137. The van der Waals surface area contributed by atoms with E-state index in [1.165, 1.54) is 0 Å². The van der Waals surface area contributed by atoms with Gasteiger partial charge in [-0.3, -0.25) is 4.79 Å². The summed E-state index contributed by atoms with van der Waals surface area (Å²) in [6.07, 6.45) is 0.902. The number of nitrogens with zero attached hydrogens (tertiary/aromatic N) is 1. The summed E-state index contributed by atoms with van der Waals surface area (Å²) in [5, 5.41) is 6.72. The molecule has 0 aliphatic rings. The van der Waals surface area contributed by atoms with E-state index in [-0.39, 0.29) is 5.91 Å². The first kappa shape index (κ1) is 20.2. The molecule has 0 bridgehead atoms. The first-order chi connectivity index (χ1) is 12.5. The van der Waals surface area contributed by atoms with Crippen molar-refractivity contribution >= 4 is 46.2 Å². The molecule has 0 aromatic heterocycles. The first-order valence-electron chi connectivity index (χ1n) is 8.72. The highest BCUT2D eigenvalue weighted by Crippen LogP contribution is 2.18. The summed E-state index contributed by atoms with van der Waals surface area (Å²) in [4.78, 5) is 14.3. The van der Waals surface area contributed by atoms with Gasteiger partial charge in [0, 0.05) is 35.9 Å². The lowest BCUT2D eigenvalue weighted by Gasteiger charge is -2.21. The van der Waals surface area contributed by atoms with Crippen LogP contribution in [0.3, 0.4) is 0 Å². The number of halogens is 1. The van der Waals surface area contributed by atoms with Gasteiger partial charge in [-0.1, -0.05) is 29.8 Å². The SMILES string of the molecule is CCN(CC)c1ccc(NC(=S)NC(=O)CCc2ccccc2Cl)cc1. The van der Waals surface area contributed by atoms with E-state index < -0.39 is 0 Å². The molecule has 2 rings (SSSR count). The molecule has 2 N–H and O–H groups in total. The maximum atomic E-state index is 12.1. The molecule has 1 amide bonds. The highest BCUT2D eigenvalue weighted by molar-refractivity contribution is 7.80. The maximum Gasteiger partial charge on any atom is 0.226 e. The molecule has 2 aromatic rings. The van der Waals surface area contributed by atoms with Crippen LogP contribution in [0.2, 0.25) is 5.02 Å². The van der Waals surface area contributed by atoms with Gasteiger partial charge in [0.2, 0.25) is 5.91 Å². The summed E-state index contributed by atoms with van der Waals surface area (Å²) in [7, 11) is 0. The predicted octanol–water partition coefficient (Wildman–Crippen LogP) is 4.63. The van der Waals surface area contributed by atoms with Gasteiger partial charge in [0.1, 0.15) is 0 Å². The van der Waals surface area contributed by atoms with E-state index in [0.29, 0.717) is 23.0 Å². The second-order valence-electron chi connectivity index (χ2n) is 5.81. The molecule has 4 nitrogen and oxygen atoms in total. The molecule has 0 heterocycles. The van der Waals surface area contributed by atoms with E-state index in [1.54, 1.807) is 0 Å². The number of carbonyl (C=O) groups is 1. The highest BCUT2D eigenvalue weighted by Gasteiger charge is 2.08. The standard InChI is InChI=1S/C20H24ClN3OS/c1-3-24(4-2)17-12-10-16(11-13-17)22-20(26)23-19(25)14-9-15-7-5-6-8-18(15)21/h5-8,10-13H,3-4,9,14H2,1-2H3,(H2,22,23,25,26). The number of nitrogens with one attached hydrogen (secondary N) is 2. The Morgan fingerprint density at radius 3 is 2.35 bits per heavy atom. The van der Waals surface area contributed by atoms with Gasteiger partial charge in [-0.2, -0.15) is 0 Å². The lowest BCUT2D eigenvalue weighted by atomic mass is 10.1. The summed E-state index contributed by atoms with van der Waals surface area (Å²) in [5.74, 6) is -0.137. The van der Waals surface area contributed by atoms with Gasteiger partial charge in [0.25, 0.3) is 0 Å². The zero-order valence-corrected chi connectivity index (χ0v) is 16.7. The number of aryl methyl sites for hydroxylation is 1. The van der Waals surface area contributed by atoms with Crippen LogP contribution in [-0.4, -0.2) is 24.1 Å². The van der Waals surface area contributed by atoms with E-state index in [9.17, 15) is 4.79 Å². The van der Waals surface area contributed by atoms with Gasteiger partial charge in [-0.05, 0) is 68.4 Å². The van der Waals surface area contributed by atoms with E-state index in [1.807, 2.05) is 48.5 Å². The van der Waals surface area contributed by atoms with Crippen molar-refractivity contribution in [3.8, 4) is 0 Å². The van der Waals surface area contributed by atoms with Crippen LogP contribution in [0.1, 0.15) is 25.8 Å². The molecule has 0 fully saturated rings. The molecule has 2 aromatic carbocycles. The number of anilines is 2. The third kappa shape index (κ3) is 6.00. The molecule has 26 heavy (non-hydrogen) atoms. The van der Waals surface area contributed by atoms with Gasteiger partial charge in [0.05, 0.1) is 0 Å². The molecule has 6 heteroatoms. The van der Waals surface area contributed by atoms with Crippen molar-refractivity contribution < 1.29 is 4.79 Å². The third-order valence-corrected chi connectivity index (χ3v) is 4.66. The Balaban J connectivity index is 1.82. The van der Waals surface area contributed by atoms with Crippen LogP contribution in [-0.2, 0) is 11.2 Å². The molecule has 0 saturated carbocycles. The van der Waals surface area contributed by atoms with Gasteiger partial charge < -0.3 is 15.5 Å². The van der Waals surface area contributed by atoms with Crippen molar-refractivity contribution in [1.29, 1.82) is 0 Å². The molecule has 0 aliphatic carbocycles. The molecule has 0 atom stereocenters. The van der Waals surface area contributed by atoms with E-state index in [0.717, 1.165) is 30.0 Å². The van der Waals surface area contributed by atoms with E-state index in [4.69, 9.17) is 23.8 Å². The Labute approximate surface area is 165 Å². The van der Waals surface area contributed by atoms with Crippen LogP contribution in [0.4, 0.5) is 11.4 Å².